The molecule has 108 valence electrons. The van der Waals surface area contributed by atoms with Crippen LogP contribution >= 0.6 is 23.2 Å². The Hall–Kier alpha value is -1.33. The molecule has 0 aromatic heterocycles. The van der Waals surface area contributed by atoms with Crippen molar-refractivity contribution < 1.29 is 14.5 Å². The van der Waals surface area contributed by atoms with Crippen molar-refractivity contribution in [2.45, 2.75) is 38.2 Å². The molecule has 0 unspecified atom stereocenters. The number of hydrogen-bond acceptors (Lipinski definition) is 4. The average molecular weight is 318 g/mol. The van der Waals surface area contributed by atoms with Crippen LogP contribution in [0.1, 0.15) is 42.5 Å². The number of esters is 1. The van der Waals surface area contributed by atoms with Gasteiger partial charge in [0.05, 0.1) is 15.5 Å². The summed E-state index contributed by atoms with van der Waals surface area (Å²) >= 11 is 11.5. The minimum atomic E-state index is -0.675. The summed E-state index contributed by atoms with van der Waals surface area (Å²) in [5, 5.41) is 10.6. The lowest BCUT2D eigenvalue weighted by molar-refractivity contribution is -0.384. The number of nitrogens with zero attached hydrogens (tertiary/aromatic N) is 1. The molecule has 1 saturated carbocycles. The summed E-state index contributed by atoms with van der Waals surface area (Å²) in [6.45, 7) is 0. The largest absolute Gasteiger partial charge is 0.459 e. The van der Waals surface area contributed by atoms with Gasteiger partial charge in [-0.2, -0.15) is 0 Å². The molecule has 1 fully saturated rings. The Morgan fingerprint density at radius 2 is 1.90 bits per heavy atom. The monoisotopic (exact) mass is 317 g/mol. The van der Waals surface area contributed by atoms with Gasteiger partial charge in [0.15, 0.2) is 0 Å². The molecule has 0 atom stereocenters. The number of hydrogen-bond donors (Lipinski definition) is 0. The van der Waals surface area contributed by atoms with Crippen molar-refractivity contribution in [3.63, 3.8) is 0 Å². The molecule has 0 heterocycles. The first-order valence-corrected chi connectivity index (χ1v) is 7.09. The molecule has 1 aromatic carbocycles. The number of rotatable bonds is 3. The molecule has 0 N–H and O–H groups in total. The molecule has 1 aliphatic rings. The zero-order valence-electron chi connectivity index (χ0n) is 10.6. The lowest BCUT2D eigenvalue weighted by Gasteiger charge is -2.21. The van der Waals surface area contributed by atoms with E-state index in [2.05, 4.69) is 0 Å². The van der Waals surface area contributed by atoms with E-state index in [4.69, 9.17) is 27.9 Å². The van der Waals surface area contributed by atoms with Gasteiger partial charge in [0.25, 0.3) is 5.69 Å². The molecule has 0 aliphatic heterocycles. The first-order chi connectivity index (χ1) is 9.49. The fraction of sp³-hybridized carbons (Fsp3) is 0.462. The SMILES string of the molecule is O=C(OC1CCCCC1)c1cc(Cl)c(Cl)c([N+](=O)[O-])c1. The van der Waals surface area contributed by atoms with Gasteiger partial charge in [-0.3, -0.25) is 10.1 Å². The van der Waals surface area contributed by atoms with Crippen molar-refractivity contribution in [1.29, 1.82) is 0 Å². The van der Waals surface area contributed by atoms with Gasteiger partial charge in [-0.1, -0.05) is 29.6 Å². The van der Waals surface area contributed by atoms with Gasteiger partial charge in [-0.15, -0.1) is 0 Å². The van der Waals surface area contributed by atoms with Crippen LogP contribution in [-0.2, 0) is 4.74 Å². The fourth-order valence-electron chi connectivity index (χ4n) is 2.23. The zero-order chi connectivity index (χ0) is 14.7. The van der Waals surface area contributed by atoms with Gasteiger partial charge in [-0.25, -0.2) is 4.79 Å². The molecular formula is C13H13Cl2NO4. The zero-order valence-corrected chi connectivity index (χ0v) is 12.1. The van der Waals surface area contributed by atoms with E-state index in [1.54, 1.807) is 0 Å². The van der Waals surface area contributed by atoms with E-state index in [0.717, 1.165) is 38.2 Å². The second-order valence-electron chi connectivity index (χ2n) is 4.71. The highest BCUT2D eigenvalue weighted by atomic mass is 35.5. The maximum absolute atomic E-state index is 12.0. The third-order valence-electron chi connectivity index (χ3n) is 3.27. The molecule has 2 rings (SSSR count). The predicted octanol–water partition coefficient (Wildman–Crippen LogP) is 4.39. The Kier molecular flexibility index (Phi) is 4.83. The second kappa shape index (κ2) is 6.41. The Labute approximate surface area is 126 Å². The predicted molar refractivity (Wildman–Crippen MR) is 75.4 cm³/mol. The third kappa shape index (κ3) is 3.41. The topological polar surface area (TPSA) is 69.4 Å². The highest BCUT2D eigenvalue weighted by molar-refractivity contribution is 6.43. The Balaban J connectivity index is 2.19. The summed E-state index contributed by atoms with van der Waals surface area (Å²) in [4.78, 5) is 22.2. The van der Waals surface area contributed by atoms with Crippen LogP contribution in [0.4, 0.5) is 5.69 Å². The van der Waals surface area contributed by atoms with Gasteiger partial charge >= 0.3 is 5.97 Å². The lowest BCUT2D eigenvalue weighted by Crippen LogP contribution is -2.21. The highest BCUT2D eigenvalue weighted by Crippen LogP contribution is 2.33. The molecule has 0 spiro atoms. The number of carbonyl (C=O) groups excluding carboxylic acids is 1. The van der Waals surface area contributed by atoms with Crippen LogP contribution in [0.2, 0.25) is 10.0 Å². The second-order valence-corrected chi connectivity index (χ2v) is 5.50. The van der Waals surface area contributed by atoms with Crippen molar-refractivity contribution in [3.8, 4) is 0 Å². The summed E-state index contributed by atoms with van der Waals surface area (Å²) in [5.74, 6) is -0.599. The molecule has 0 saturated heterocycles. The Morgan fingerprint density at radius 3 is 2.50 bits per heavy atom. The van der Waals surface area contributed by atoms with Gasteiger partial charge < -0.3 is 4.74 Å². The van der Waals surface area contributed by atoms with Crippen molar-refractivity contribution in [2.24, 2.45) is 0 Å². The van der Waals surface area contributed by atoms with Gasteiger partial charge in [0.1, 0.15) is 11.1 Å². The van der Waals surface area contributed by atoms with Crippen molar-refractivity contribution in [2.75, 3.05) is 0 Å². The molecule has 7 heteroatoms. The normalized spacial score (nSPS) is 15.9. The molecule has 0 bridgehead atoms. The molecule has 0 radical (unpaired) electrons. The van der Waals surface area contributed by atoms with Gasteiger partial charge in [0, 0.05) is 6.07 Å². The number of carbonyl (C=O) groups is 1. The van der Waals surface area contributed by atoms with Crippen molar-refractivity contribution >= 4 is 34.9 Å². The van der Waals surface area contributed by atoms with Gasteiger partial charge in [0.2, 0.25) is 0 Å². The molecule has 1 aromatic rings. The van der Waals surface area contributed by atoms with Crippen LogP contribution in [0.15, 0.2) is 12.1 Å². The van der Waals surface area contributed by atoms with Crippen LogP contribution in [0, 0.1) is 10.1 Å². The maximum Gasteiger partial charge on any atom is 0.338 e. The smallest absolute Gasteiger partial charge is 0.338 e. The molecule has 0 amide bonds. The summed E-state index contributed by atoms with van der Waals surface area (Å²) < 4.78 is 5.34. The van der Waals surface area contributed by atoms with Crippen LogP contribution in [0.25, 0.3) is 0 Å². The number of nitro benzene ring substituents is 1. The van der Waals surface area contributed by atoms with E-state index in [1.165, 1.54) is 6.07 Å². The van der Waals surface area contributed by atoms with E-state index in [9.17, 15) is 14.9 Å². The first kappa shape index (κ1) is 15.1. The highest BCUT2D eigenvalue weighted by Gasteiger charge is 2.23. The van der Waals surface area contributed by atoms with E-state index < -0.39 is 16.6 Å². The number of halogens is 2. The summed E-state index contributed by atoms with van der Waals surface area (Å²) in [6.07, 6.45) is 4.74. The minimum Gasteiger partial charge on any atom is -0.459 e. The average Bonchev–Trinajstić information content (AvgIpc) is 2.42. The third-order valence-corrected chi connectivity index (χ3v) is 4.06. The van der Waals surface area contributed by atoms with Crippen LogP contribution in [-0.4, -0.2) is 17.0 Å². The molecule has 1 aliphatic carbocycles. The summed E-state index contributed by atoms with van der Waals surface area (Å²) in [7, 11) is 0. The van der Waals surface area contributed by atoms with Crippen molar-refractivity contribution in [3.05, 3.63) is 37.9 Å². The van der Waals surface area contributed by atoms with Crippen LogP contribution in [0.5, 0.6) is 0 Å². The van der Waals surface area contributed by atoms with E-state index >= 15 is 0 Å². The summed E-state index contributed by atoms with van der Waals surface area (Å²) in [5.41, 5.74) is -0.341. The Morgan fingerprint density at radius 1 is 1.25 bits per heavy atom. The minimum absolute atomic E-state index is 0.0311. The molecule has 5 nitrogen and oxygen atoms in total. The van der Waals surface area contributed by atoms with Crippen LogP contribution in [0.3, 0.4) is 0 Å². The number of ether oxygens (including phenoxy) is 1. The Bertz CT molecular complexity index is 541. The standard InChI is InChI=1S/C13H13Cl2NO4/c14-10-6-8(7-11(12(10)15)16(18)19)13(17)20-9-4-2-1-3-5-9/h6-7,9H,1-5H2. The molecule has 20 heavy (non-hydrogen) atoms. The number of benzene rings is 1. The van der Waals surface area contributed by atoms with Crippen LogP contribution < -0.4 is 0 Å². The quantitative estimate of drug-likeness (QED) is 0.471. The van der Waals surface area contributed by atoms with E-state index in [1.807, 2.05) is 0 Å². The number of nitro groups is 1. The summed E-state index contributed by atoms with van der Waals surface area (Å²) in [6, 6.07) is 2.39. The first-order valence-electron chi connectivity index (χ1n) is 6.33. The van der Waals surface area contributed by atoms with E-state index in [-0.39, 0.29) is 21.7 Å². The fourth-order valence-corrected chi connectivity index (χ4v) is 2.62. The lowest BCUT2D eigenvalue weighted by atomic mass is 9.98. The van der Waals surface area contributed by atoms with Gasteiger partial charge in [-0.05, 0) is 31.7 Å². The molecular weight excluding hydrogens is 305 g/mol. The van der Waals surface area contributed by atoms with E-state index in [0.29, 0.717) is 0 Å². The van der Waals surface area contributed by atoms with Crippen molar-refractivity contribution in [1.82, 2.24) is 0 Å². The maximum atomic E-state index is 12.0.